The molecule has 0 aliphatic rings. The smallest absolute Gasteiger partial charge is 0.0152 e. The Bertz CT molecular complexity index is 52.9. The monoisotopic (exact) mass is 147 g/mol. The van der Waals surface area contributed by atoms with Gasteiger partial charge in [0.1, 0.15) is 0 Å². The van der Waals surface area contributed by atoms with E-state index in [1.165, 1.54) is 17.9 Å². The highest BCUT2D eigenvalue weighted by molar-refractivity contribution is 7.99. The summed E-state index contributed by atoms with van der Waals surface area (Å²) in [4.78, 5) is 0. The van der Waals surface area contributed by atoms with Crippen molar-refractivity contribution in [3.63, 3.8) is 0 Å². The van der Waals surface area contributed by atoms with E-state index in [1.54, 1.807) is 0 Å². The molecule has 0 spiro atoms. The minimum atomic E-state index is 0.718. The van der Waals surface area contributed by atoms with Gasteiger partial charge in [-0.3, -0.25) is 0 Å². The summed E-state index contributed by atoms with van der Waals surface area (Å²) < 4.78 is 0. The largest absolute Gasteiger partial charge is 0.316 e. The average molecular weight is 147 g/mol. The molecule has 0 aliphatic carbocycles. The van der Waals surface area contributed by atoms with Crippen molar-refractivity contribution in [1.82, 2.24) is 5.32 Å². The minimum Gasteiger partial charge on any atom is -0.316 e. The molecule has 0 heterocycles. The molecular formula is C7H17NS. The summed E-state index contributed by atoms with van der Waals surface area (Å²) in [6.45, 7) is 4.42. The zero-order valence-corrected chi connectivity index (χ0v) is 7.42. The van der Waals surface area contributed by atoms with Crippen molar-refractivity contribution < 1.29 is 0 Å². The molecule has 0 aromatic rings. The van der Waals surface area contributed by atoms with Gasteiger partial charge in [0, 0.05) is 11.8 Å². The maximum absolute atomic E-state index is 3.27. The Hall–Kier alpha value is 0.310. The predicted molar refractivity (Wildman–Crippen MR) is 46.1 cm³/mol. The zero-order chi connectivity index (χ0) is 7.11. The van der Waals surface area contributed by atoms with Crippen molar-refractivity contribution in [3.8, 4) is 0 Å². The molecule has 0 saturated carbocycles. The highest BCUT2D eigenvalue weighted by Gasteiger charge is 1.99. The summed E-state index contributed by atoms with van der Waals surface area (Å²) in [5.41, 5.74) is 0. The van der Waals surface area contributed by atoms with E-state index in [9.17, 15) is 0 Å². The van der Waals surface area contributed by atoms with Gasteiger partial charge < -0.3 is 5.32 Å². The lowest BCUT2D eigenvalue weighted by Crippen LogP contribution is -2.26. The van der Waals surface area contributed by atoms with Crippen LogP contribution in [0.3, 0.4) is 0 Å². The third kappa shape index (κ3) is 4.79. The Balaban J connectivity index is 3.09. The van der Waals surface area contributed by atoms with Gasteiger partial charge in [-0.05, 0) is 19.2 Å². The summed E-state index contributed by atoms with van der Waals surface area (Å²) in [6.07, 6.45) is 1.24. The second kappa shape index (κ2) is 6.43. The summed E-state index contributed by atoms with van der Waals surface area (Å²) in [6, 6.07) is 0.718. The Morgan fingerprint density at radius 3 is 2.44 bits per heavy atom. The first-order valence-electron chi connectivity index (χ1n) is 3.60. The van der Waals surface area contributed by atoms with Crippen LogP contribution in [0.2, 0.25) is 0 Å². The van der Waals surface area contributed by atoms with Gasteiger partial charge >= 0.3 is 0 Å². The Morgan fingerprint density at radius 2 is 2.11 bits per heavy atom. The van der Waals surface area contributed by atoms with E-state index in [-0.39, 0.29) is 0 Å². The fourth-order valence-corrected chi connectivity index (χ4v) is 1.59. The third-order valence-electron chi connectivity index (χ3n) is 1.42. The lowest BCUT2D eigenvalue weighted by Gasteiger charge is -2.11. The van der Waals surface area contributed by atoms with Gasteiger partial charge in [0.2, 0.25) is 0 Å². The van der Waals surface area contributed by atoms with Gasteiger partial charge in [0.05, 0.1) is 0 Å². The number of rotatable bonds is 5. The van der Waals surface area contributed by atoms with Crippen LogP contribution >= 0.6 is 11.8 Å². The van der Waals surface area contributed by atoms with E-state index in [2.05, 4.69) is 19.2 Å². The van der Waals surface area contributed by atoms with Crippen molar-refractivity contribution in [2.24, 2.45) is 0 Å². The molecule has 2 heteroatoms. The first kappa shape index (κ1) is 9.31. The molecule has 1 unspecified atom stereocenters. The molecule has 9 heavy (non-hydrogen) atoms. The molecule has 0 radical (unpaired) electrons. The standard InChI is InChI=1S/C7H17NS/c1-4-7(8-3)6-9-5-2/h7-8H,4-6H2,1-3H3. The van der Waals surface area contributed by atoms with Crippen LogP contribution in [0.5, 0.6) is 0 Å². The molecule has 0 aromatic carbocycles. The van der Waals surface area contributed by atoms with E-state index in [4.69, 9.17) is 0 Å². The summed E-state index contributed by atoms with van der Waals surface area (Å²) in [7, 11) is 2.03. The highest BCUT2D eigenvalue weighted by Crippen LogP contribution is 2.03. The third-order valence-corrected chi connectivity index (χ3v) is 2.47. The van der Waals surface area contributed by atoms with Gasteiger partial charge in [-0.25, -0.2) is 0 Å². The van der Waals surface area contributed by atoms with Gasteiger partial charge in [-0.15, -0.1) is 0 Å². The van der Waals surface area contributed by atoms with Crippen LogP contribution in [-0.4, -0.2) is 24.6 Å². The van der Waals surface area contributed by atoms with Crippen LogP contribution in [0.15, 0.2) is 0 Å². The summed E-state index contributed by atoms with van der Waals surface area (Å²) in [5.74, 6) is 2.49. The molecule has 0 bridgehead atoms. The first-order chi connectivity index (χ1) is 4.35. The molecule has 0 rings (SSSR count). The van der Waals surface area contributed by atoms with Gasteiger partial charge in [-0.1, -0.05) is 13.8 Å². The normalized spacial score (nSPS) is 13.7. The van der Waals surface area contributed by atoms with Crippen molar-refractivity contribution >= 4 is 11.8 Å². The second-order valence-corrected chi connectivity index (χ2v) is 3.37. The number of hydrogen-bond acceptors (Lipinski definition) is 2. The molecule has 0 aliphatic heterocycles. The Morgan fingerprint density at radius 1 is 1.44 bits per heavy atom. The topological polar surface area (TPSA) is 12.0 Å². The molecule has 1 N–H and O–H groups in total. The molecule has 56 valence electrons. The van der Waals surface area contributed by atoms with E-state index < -0.39 is 0 Å². The molecule has 0 fully saturated rings. The number of hydrogen-bond donors (Lipinski definition) is 1. The molecular weight excluding hydrogens is 130 g/mol. The first-order valence-corrected chi connectivity index (χ1v) is 4.75. The van der Waals surface area contributed by atoms with E-state index in [1.807, 2.05) is 18.8 Å². The van der Waals surface area contributed by atoms with Crippen LogP contribution in [0.25, 0.3) is 0 Å². The number of nitrogens with one attached hydrogen (secondary N) is 1. The van der Waals surface area contributed by atoms with Crippen LogP contribution in [0.4, 0.5) is 0 Å². The van der Waals surface area contributed by atoms with Crippen LogP contribution in [0.1, 0.15) is 20.3 Å². The van der Waals surface area contributed by atoms with E-state index >= 15 is 0 Å². The van der Waals surface area contributed by atoms with E-state index in [0.29, 0.717) is 0 Å². The number of thioether (sulfide) groups is 1. The molecule has 0 aromatic heterocycles. The summed E-state index contributed by atoms with van der Waals surface area (Å²) in [5, 5.41) is 3.27. The van der Waals surface area contributed by atoms with Gasteiger partial charge in [-0.2, -0.15) is 11.8 Å². The fourth-order valence-electron chi connectivity index (χ4n) is 0.665. The van der Waals surface area contributed by atoms with Crippen LogP contribution < -0.4 is 5.32 Å². The van der Waals surface area contributed by atoms with Crippen molar-refractivity contribution in [1.29, 1.82) is 0 Å². The Kier molecular flexibility index (Phi) is 6.65. The molecule has 1 atom stereocenters. The zero-order valence-electron chi connectivity index (χ0n) is 6.61. The summed E-state index contributed by atoms with van der Waals surface area (Å²) >= 11 is 2.00. The van der Waals surface area contributed by atoms with E-state index in [0.717, 1.165) is 6.04 Å². The Labute approximate surface area is 62.6 Å². The molecule has 1 nitrogen and oxygen atoms in total. The predicted octanol–water partition coefficient (Wildman–Crippen LogP) is 1.74. The average Bonchev–Trinajstić information content (AvgIpc) is 1.91. The second-order valence-electron chi connectivity index (χ2n) is 2.05. The maximum atomic E-state index is 3.27. The SMILES string of the molecule is CCSCC(CC)NC. The molecule has 0 saturated heterocycles. The molecule has 0 amide bonds. The van der Waals surface area contributed by atoms with Crippen molar-refractivity contribution in [2.75, 3.05) is 18.6 Å². The van der Waals surface area contributed by atoms with Gasteiger partial charge in [0.15, 0.2) is 0 Å². The van der Waals surface area contributed by atoms with Gasteiger partial charge in [0.25, 0.3) is 0 Å². The lowest BCUT2D eigenvalue weighted by molar-refractivity contribution is 0.602. The van der Waals surface area contributed by atoms with Crippen LogP contribution in [-0.2, 0) is 0 Å². The van der Waals surface area contributed by atoms with Crippen LogP contribution in [0, 0.1) is 0 Å². The highest BCUT2D eigenvalue weighted by atomic mass is 32.2. The van der Waals surface area contributed by atoms with Crippen molar-refractivity contribution in [2.45, 2.75) is 26.3 Å². The fraction of sp³-hybridized carbons (Fsp3) is 1.00. The minimum absolute atomic E-state index is 0.718. The maximum Gasteiger partial charge on any atom is 0.0152 e. The lowest BCUT2D eigenvalue weighted by atomic mass is 10.3. The quantitative estimate of drug-likeness (QED) is 0.635. The van der Waals surface area contributed by atoms with Crippen molar-refractivity contribution in [3.05, 3.63) is 0 Å².